The van der Waals surface area contributed by atoms with Gasteiger partial charge in [-0.2, -0.15) is 5.26 Å². The van der Waals surface area contributed by atoms with E-state index in [0.29, 0.717) is 16.7 Å². The number of nitrogens with one attached hydrogen (secondary N) is 2. The molecule has 0 bridgehead atoms. The minimum atomic E-state index is -3.89. The number of nitrogens with zero attached hydrogens (tertiary/aromatic N) is 1. The van der Waals surface area contributed by atoms with Crippen molar-refractivity contribution in [2.45, 2.75) is 18.9 Å². The van der Waals surface area contributed by atoms with Crippen LogP contribution in [-0.2, 0) is 27.7 Å². The van der Waals surface area contributed by atoms with Crippen molar-refractivity contribution in [1.82, 2.24) is 4.72 Å². The Balaban J connectivity index is 1.57. The fourth-order valence-corrected chi connectivity index (χ4v) is 4.49. The highest BCUT2D eigenvalue weighted by molar-refractivity contribution is 7.90. The maximum absolute atomic E-state index is 12.4. The average molecular weight is 476 g/mol. The van der Waals surface area contributed by atoms with E-state index in [-0.39, 0.29) is 24.4 Å². The second kappa shape index (κ2) is 10.7. The summed E-state index contributed by atoms with van der Waals surface area (Å²) in [4.78, 5) is 12.3. The monoisotopic (exact) mass is 475 g/mol. The molecule has 0 saturated carbocycles. The van der Waals surface area contributed by atoms with Gasteiger partial charge in [-0.15, -0.1) is 0 Å². The molecule has 6 N–H and O–H groups in total. The first-order valence-electron chi connectivity index (χ1n) is 10.5. The first kappa shape index (κ1) is 24.6. The minimum Gasteiger partial charge on any atom is -0.384 e. The number of hydrogen-bond donors (Lipinski definition) is 4. The highest BCUT2D eigenvalue weighted by Gasteiger charge is 2.21. The molecule has 0 fully saturated rings. The van der Waals surface area contributed by atoms with Crippen molar-refractivity contribution < 1.29 is 13.2 Å². The standard InChI is InChI=1S/C25H25N5O3S/c26-16-21-5-1-2-7-22(21)19-10-8-17(9-11-19)12-13-34(32,33)30-25(31)23(27)15-18-4-3-6-20(14-18)24(28)29/h1-11,14,23H,12-13,15,27H2,(H3,28,29)(H,30,31)/t23-/m0/s1. The lowest BCUT2D eigenvalue weighted by Gasteiger charge is -2.13. The molecule has 0 aliphatic rings. The van der Waals surface area contributed by atoms with E-state index in [1.165, 1.54) is 0 Å². The van der Waals surface area contributed by atoms with Gasteiger partial charge in [-0.05, 0) is 47.2 Å². The first-order chi connectivity index (χ1) is 16.2. The smallest absolute Gasteiger partial charge is 0.250 e. The summed E-state index contributed by atoms with van der Waals surface area (Å²) in [5, 5.41) is 16.7. The fourth-order valence-electron chi connectivity index (χ4n) is 3.43. The maximum Gasteiger partial charge on any atom is 0.250 e. The number of amidine groups is 1. The van der Waals surface area contributed by atoms with Crippen LogP contribution in [0.5, 0.6) is 0 Å². The second-order valence-corrected chi connectivity index (χ2v) is 9.66. The molecule has 0 heterocycles. The number of amides is 1. The van der Waals surface area contributed by atoms with Gasteiger partial charge in [0.2, 0.25) is 10.0 Å². The number of nitrogen functional groups attached to an aromatic ring is 1. The molecule has 0 unspecified atom stereocenters. The number of carbonyl (C=O) groups is 1. The van der Waals surface area contributed by atoms with Crippen LogP contribution in [0.15, 0.2) is 72.8 Å². The second-order valence-electron chi connectivity index (χ2n) is 7.81. The van der Waals surface area contributed by atoms with Crippen LogP contribution >= 0.6 is 0 Å². The number of nitrogens with two attached hydrogens (primary N) is 2. The van der Waals surface area contributed by atoms with Gasteiger partial charge in [0, 0.05) is 5.56 Å². The molecule has 174 valence electrons. The zero-order valence-electron chi connectivity index (χ0n) is 18.4. The van der Waals surface area contributed by atoms with Crippen molar-refractivity contribution in [3.05, 3.63) is 95.1 Å². The van der Waals surface area contributed by atoms with Crippen LogP contribution in [-0.4, -0.2) is 32.0 Å². The molecule has 0 saturated heterocycles. The van der Waals surface area contributed by atoms with E-state index < -0.39 is 22.0 Å². The summed E-state index contributed by atoms with van der Waals surface area (Å²) in [7, 11) is -3.89. The molecule has 8 nitrogen and oxygen atoms in total. The van der Waals surface area contributed by atoms with Crippen molar-refractivity contribution >= 4 is 21.8 Å². The van der Waals surface area contributed by atoms with Gasteiger partial charge in [-0.25, -0.2) is 8.42 Å². The highest BCUT2D eigenvalue weighted by Crippen LogP contribution is 2.23. The third-order valence-electron chi connectivity index (χ3n) is 5.26. The lowest BCUT2D eigenvalue weighted by molar-refractivity contribution is -0.120. The zero-order chi connectivity index (χ0) is 24.7. The largest absolute Gasteiger partial charge is 0.384 e. The third-order valence-corrected chi connectivity index (χ3v) is 6.51. The average Bonchev–Trinajstić information content (AvgIpc) is 2.83. The number of rotatable bonds is 9. The van der Waals surface area contributed by atoms with Crippen LogP contribution < -0.4 is 16.2 Å². The van der Waals surface area contributed by atoms with Crippen molar-refractivity contribution in [2.75, 3.05) is 5.75 Å². The summed E-state index contributed by atoms with van der Waals surface area (Å²) in [5.41, 5.74) is 15.5. The van der Waals surface area contributed by atoms with E-state index in [1.807, 2.05) is 29.0 Å². The zero-order valence-corrected chi connectivity index (χ0v) is 19.2. The van der Waals surface area contributed by atoms with Crippen molar-refractivity contribution in [3.8, 4) is 17.2 Å². The van der Waals surface area contributed by atoms with E-state index in [0.717, 1.165) is 16.7 Å². The molecular formula is C25H25N5O3S. The van der Waals surface area contributed by atoms with Gasteiger partial charge in [0.05, 0.1) is 23.4 Å². The van der Waals surface area contributed by atoms with E-state index >= 15 is 0 Å². The molecule has 34 heavy (non-hydrogen) atoms. The molecule has 1 amide bonds. The third kappa shape index (κ3) is 6.51. The Hall–Kier alpha value is -4.00. The number of benzene rings is 3. The van der Waals surface area contributed by atoms with Crippen LogP contribution in [0.2, 0.25) is 0 Å². The Morgan fingerprint density at radius 2 is 1.74 bits per heavy atom. The van der Waals surface area contributed by atoms with E-state index in [9.17, 15) is 18.5 Å². The van der Waals surface area contributed by atoms with Crippen LogP contribution in [0.4, 0.5) is 0 Å². The summed E-state index contributed by atoms with van der Waals surface area (Å²) >= 11 is 0. The summed E-state index contributed by atoms with van der Waals surface area (Å²) in [5.74, 6) is -1.18. The number of aryl methyl sites for hydroxylation is 1. The van der Waals surface area contributed by atoms with Gasteiger partial charge < -0.3 is 11.5 Å². The Labute approximate surface area is 198 Å². The lowest BCUT2D eigenvalue weighted by Crippen LogP contribution is -2.45. The number of hydrogen-bond acceptors (Lipinski definition) is 6. The van der Waals surface area contributed by atoms with E-state index in [2.05, 4.69) is 6.07 Å². The van der Waals surface area contributed by atoms with Gasteiger partial charge in [0.1, 0.15) is 5.84 Å². The quantitative estimate of drug-likeness (QED) is 0.273. The maximum atomic E-state index is 12.4. The van der Waals surface area contributed by atoms with Gasteiger partial charge in [0.25, 0.3) is 5.91 Å². The van der Waals surface area contributed by atoms with Gasteiger partial charge in [0.15, 0.2) is 0 Å². The summed E-state index contributed by atoms with van der Waals surface area (Å²) in [6, 6.07) is 22.3. The van der Waals surface area contributed by atoms with Crippen LogP contribution in [0.3, 0.4) is 0 Å². The molecule has 3 rings (SSSR count). The van der Waals surface area contributed by atoms with Gasteiger partial charge >= 0.3 is 0 Å². The summed E-state index contributed by atoms with van der Waals surface area (Å²) in [6.07, 6.45) is 0.312. The molecule has 0 radical (unpaired) electrons. The van der Waals surface area contributed by atoms with E-state index in [1.54, 1.807) is 48.5 Å². The Bertz CT molecular complexity index is 1350. The SMILES string of the molecule is N#Cc1ccccc1-c1ccc(CCS(=O)(=O)NC(=O)[C@@H](N)Cc2cccc(C(=N)N)c2)cc1. The molecule has 9 heteroatoms. The molecule has 1 atom stereocenters. The predicted octanol–water partition coefficient (Wildman–Crippen LogP) is 2.07. The molecular weight excluding hydrogens is 450 g/mol. The molecule has 0 aliphatic heterocycles. The summed E-state index contributed by atoms with van der Waals surface area (Å²) in [6.45, 7) is 0. The van der Waals surface area contributed by atoms with Crippen molar-refractivity contribution in [1.29, 1.82) is 10.7 Å². The fraction of sp³-hybridized carbons (Fsp3) is 0.160. The molecule has 3 aromatic carbocycles. The highest BCUT2D eigenvalue weighted by atomic mass is 32.2. The topological polar surface area (TPSA) is 163 Å². The van der Waals surface area contributed by atoms with Gasteiger partial charge in [-0.1, -0.05) is 60.7 Å². The lowest BCUT2D eigenvalue weighted by atomic mass is 9.99. The van der Waals surface area contributed by atoms with Crippen LogP contribution in [0.1, 0.15) is 22.3 Å². The van der Waals surface area contributed by atoms with Crippen molar-refractivity contribution in [3.63, 3.8) is 0 Å². The number of carbonyl (C=O) groups excluding carboxylic acids is 1. The van der Waals surface area contributed by atoms with Crippen molar-refractivity contribution in [2.24, 2.45) is 11.5 Å². The Kier molecular flexibility index (Phi) is 7.79. The molecule has 0 spiro atoms. The number of sulfonamides is 1. The first-order valence-corrected chi connectivity index (χ1v) is 12.2. The summed E-state index contributed by atoms with van der Waals surface area (Å²) < 4.78 is 26.9. The minimum absolute atomic E-state index is 0.105. The normalized spacial score (nSPS) is 11.9. The van der Waals surface area contributed by atoms with Crippen LogP contribution in [0.25, 0.3) is 11.1 Å². The van der Waals surface area contributed by atoms with Crippen LogP contribution in [0, 0.1) is 16.7 Å². The Morgan fingerprint density at radius 3 is 2.41 bits per heavy atom. The number of nitriles is 1. The molecule has 0 aromatic heterocycles. The van der Waals surface area contributed by atoms with E-state index in [4.69, 9.17) is 16.9 Å². The van der Waals surface area contributed by atoms with Gasteiger partial charge in [-0.3, -0.25) is 14.9 Å². The molecule has 3 aromatic rings. The predicted molar refractivity (Wildman–Crippen MR) is 131 cm³/mol. The Morgan fingerprint density at radius 1 is 1.03 bits per heavy atom. The molecule has 0 aliphatic carbocycles.